The maximum Gasteiger partial charge on any atom is 0.281 e. The third-order valence-corrected chi connectivity index (χ3v) is 4.06. The van der Waals surface area contributed by atoms with Gasteiger partial charge in [0.05, 0.1) is 10.5 Å². The van der Waals surface area contributed by atoms with Crippen LogP contribution in [0.4, 0.5) is 11.4 Å². The number of nitro groups is 1. The molecule has 0 bridgehead atoms. The molecule has 0 spiro atoms. The van der Waals surface area contributed by atoms with Crippen molar-refractivity contribution in [2.75, 3.05) is 5.32 Å². The first-order valence-corrected chi connectivity index (χ1v) is 8.51. The highest BCUT2D eigenvalue weighted by molar-refractivity contribution is 6.30. The van der Waals surface area contributed by atoms with E-state index in [1.807, 2.05) is 0 Å². The molecule has 9 heteroatoms. The summed E-state index contributed by atoms with van der Waals surface area (Å²) in [6.07, 6.45) is 1.22. The smallest absolute Gasteiger partial charge is 0.281 e. The fourth-order valence-corrected chi connectivity index (χ4v) is 2.64. The number of phenolic OH excluding ortho intramolecular Hbond substituents is 1. The highest BCUT2D eigenvalue weighted by Crippen LogP contribution is 2.33. The van der Waals surface area contributed by atoms with E-state index in [9.17, 15) is 25.3 Å². The van der Waals surface area contributed by atoms with Gasteiger partial charge < -0.3 is 14.8 Å². The molecule has 0 saturated heterocycles. The van der Waals surface area contributed by atoms with Gasteiger partial charge in [0.1, 0.15) is 28.9 Å². The minimum absolute atomic E-state index is 0.0402. The van der Waals surface area contributed by atoms with Gasteiger partial charge in [0.2, 0.25) is 0 Å². The van der Waals surface area contributed by atoms with Crippen LogP contribution in [0.15, 0.2) is 64.6 Å². The van der Waals surface area contributed by atoms with E-state index in [0.717, 1.165) is 0 Å². The van der Waals surface area contributed by atoms with Crippen molar-refractivity contribution in [1.82, 2.24) is 0 Å². The van der Waals surface area contributed by atoms with E-state index in [4.69, 9.17) is 16.0 Å². The van der Waals surface area contributed by atoms with Gasteiger partial charge in [-0.25, -0.2) is 0 Å². The molecular formula is C20H12ClN3O5. The summed E-state index contributed by atoms with van der Waals surface area (Å²) in [5, 5.41) is 32.5. The summed E-state index contributed by atoms with van der Waals surface area (Å²) >= 11 is 5.81. The molecule has 3 aromatic rings. The van der Waals surface area contributed by atoms with E-state index >= 15 is 0 Å². The number of carbonyl (C=O) groups is 1. The lowest BCUT2D eigenvalue weighted by Gasteiger charge is -2.04. The zero-order chi connectivity index (χ0) is 21.0. The molecule has 2 N–H and O–H groups in total. The molecule has 0 aliphatic heterocycles. The van der Waals surface area contributed by atoms with Crippen LogP contribution in [-0.4, -0.2) is 15.9 Å². The molecule has 0 fully saturated rings. The average Bonchev–Trinajstić information content (AvgIpc) is 3.16. The molecule has 3 rings (SSSR count). The fourth-order valence-electron chi connectivity index (χ4n) is 2.47. The van der Waals surface area contributed by atoms with Gasteiger partial charge in [-0.15, -0.1) is 0 Å². The van der Waals surface area contributed by atoms with Gasteiger partial charge in [-0.05, 0) is 48.5 Å². The predicted molar refractivity (Wildman–Crippen MR) is 106 cm³/mol. The van der Waals surface area contributed by atoms with Crippen molar-refractivity contribution in [3.63, 3.8) is 0 Å². The third kappa shape index (κ3) is 4.61. The Hall–Kier alpha value is -4.09. The number of phenols is 1. The molecular weight excluding hydrogens is 398 g/mol. The van der Waals surface area contributed by atoms with Gasteiger partial charge >= 0.3 is 0 Å². The number of nitrogens with zero attached hydrogens (tertiary/aromatic N) is 2. The first kappa shape index (κ1) is 19.7. The highest BCUT2D eigenvalue weighted by Gasteiger charge is 2.19. The topological polar surface area (TPSA) is 129 Å². The normalized spacial score (nSPS) is 11.0. The van der Waals surface area contributed by atoms with Crippen LogP contribution >= 0.6 is 11.6 Å². The Morgan fingerprint density at radius 1 is 1.21 bits per heavy atom. The highest BCUT2D eigenvalue weighted by atomic mass is 35.5. The molecule has 1 heterocycles. The van der Waals surface area contributed by atoms with Crippen LogP contribution in [0, 0.1) is 21.4 Å². The van der Waals surface area contributed by atoms with Crippen molar-refractivity contribution in [1.29, 1.82) is 5.26 Å². The summed E-state index contributed by atoms with van der Waals surface area (Å²) < 4.78 is 5.56. The van der Waals surface area contributed by atoms with Crippen molar-refractivity contribution in [2.45, 2.75) is 0 Å². The molecule has 0 aliphatic carbocycles. The van der Waals surface area contributed by atoms with Gasteiger partial charge in [-0.3, -0.25) is 14.9 Å². The number of amides is 1. The molecule has 0 radical (unpaired) electrons. The lowest BCUT2D eigenvalue weighted by atomic mass is 10.1. The number of aromatic hydroxyl groups is 1. The average molecular weight is 410 g/mol. The minimum atomic E-state index is -0.673. The van der Waals surface area contributed by atoms with Crippen LogP contribution in [-0.2, 0) is 4.79 Å². The Morgan fingerprint density at radius 2 is 1.93 bits per heavy atom. The third-order valence-electron chi connectivity index (χ3n) is 3.83. The second-order valence-electron chi connectivity index (χ2n) is 5.79. The van der Waals surface area contributed by atoms with Gasteiger partial charge in [0, 0.05) is 22.9 Å². The van der Waals surface area contributed by atoms with Crippen LogP contribution in [0.2, 0.25) is 5.02 Å². The van der Waals surface area contributed by atoms with Crippen molar-refractivity contribution in [3.05, 3.63) is 81.1 Å². The summed E-state index contributed by atoms with van der Waals surface area (Å²) in [6.45, 7) is 0. The van der Waals surface area contributed by atoms with Crippen LogP contribution in [0.3, 0.4) is 0 Å². The molecule has 8 nitrogen and oxygen atoms in total. The van der Waals surface area contributed by atoms with E-state index in [0.29, 0.717) is 5.69 Å². The number of nitriles is 1. The summed E-state index contributed by atoms with van der Waals surface area (Å²) in [6, 6.07) is 14.7. The summed E-state index contributed by atoms with van der Waals surface area (Å²) in [5.74, 6) is -0.274. The zero-order valence-corrected chi connectivity index (χ0v) is 15.4. The van der Waals surface area contributed by atoms with E-state index in [1.54, 1.807) is 6.07 Å². The van der Waals surface area contributed by atoms with Crippen LogP contribution in [0.5, 0.6) is 5.75 Å². The standard InChI is InChI=1S/C20H12ClN3O5/c21-13-1-7-17(18(10-13)24(27)28)19-8-6-16(29-19)9-12(11-22)20(26)23-14-2-4-15(25)5-3-14/h1-10,25H,(H,23,26)/b12-9-. The van der Waals surface area contributed by atoms with Gasteiger partial charge in [0.25, 0.3) is 11.6 Å². The SMILES string of the molecule is N#C/C(=C/c1ccc(-c2ccc(Cl)cc2[N+](=O)[O-])o1)C(=O)Nc1ccc(O)cc1. The Bertz CT molecular complexity index is 1160. The zero-order valence-electron chi connectivity index (χ0n) is 14.6. The summed E-state index contributed by atoms with van der Waals surface area (Å²) in [4.78, 5) is 22.9. The van der Waals surface area contributed by atoms with E-state index in [-0.39, 0.29) is 39.1 Å². The number of carbonyl (C=O) groups excluding carboxylic acids is 1. The van der Waals surface area contributed by atoms with E-state index < -0.39 is 10.8 Å². The van der Waals surface area contributed by atoms with Crippen molar-refractivity contribution >= 4 is 35.0 Å². The fraction of sp³-hybridized carbons (Fsp3) is 0. The number of nitrogens with one attached hydrogen (secondary N) is 1. The molecule has 0 saturated carbocycles. The van der Waals surface area contributed by atoms with Crippen LogP contribution in [0.1, 0.15) is 5.76 Å². The minimum Gasteiger partial charge on any atom is -0.508 e. The molecule has 2 aromatic carbocycles. The number of halogens is 1. The molecule has 144 valence electrons. The molecule has 0 atom stereocenters. The first-order valence-electron chi connectivity index (χ1n) is 8.13. The van der Waals surface area contributed by atoms with Gasteiger partial charge in [-0.1, -0.05) is 11.6 Å². The maximum absolute atomic E-state index is 12.3. The van der Waals surface area contributed by atoms with Crippen molar-refractivity contribution < 1.29 is 19.2 Å². The quantitative estimate of drug-likeness (QED) is 0.205. The largest absolute Gasteiger partial charge is 0.508 e. The second kappa shape index (κ2) is 8.29. The lowest BCUT2D eigenvalue weighted by Crippen LogP contribution is -2.13. The number of benzene rings is 2. The predicted octanol–water partition coefficient (Wildman–Crippen LogP) is 4.76. The van der Waals surface area contributed by atoms with Crippen molar-refractivity contribution in [3.8, 4) is 23.1 Å². The van der Waals surface area contributed by atoms with Gasteiger partial charge in [0.15, 0.2) is 0 Å². The number of hydrogen-bond acceptors (Lipinski definition) is 6. The monoisotopic (exact) mass is 409 g/mol. The van der Waals surface area contributed by atoms with Crippen molar-refractivity contribution in [2.24, 2.45) is 0 Å². The summed E-state index contributed by atoms with van der Waals surface area (Å²) in [7, 11) is 0. The van der Waals surface area contributed by atoms with E-state index in [1.165, 1.54) is 60.7 Å². The molecule has 0 aliphatic rings. The first-order chi connectivity index (χ1) is 13.9. The molecule has 0 unspecified atom stereocenters. The van der Waals surface area contributed by atoms with Crippen LogP contribution in [0.25, 0.3) is 17.4 Å². The number of anilines is 1. The van der Waals surface area contributed by atoms with Crippen LogP contribution < -0.4 is 5.32 Å². The van der Waals surface area contributed by atoms with Gasteiger partial charge in [-0.2, -0.15) is 5.26 Å². The number of nitro benzene ring substituents is 1. The molecule has 29 heavy (non-hydrogen) atoms. The number of furan rings is 1. The second-order valence-corrected chi connectivity index (χ2v) is 6.23. The Kier molecular flexibility index (Phi) is 5.62. The van der Waals surface area contributed by atoms with E-state index in [2.05, 4.69) is 5.32 Å². The maximum atomic E-state index is 12.3. The molecule has 1 aromatic heterocycles. The number of rotatable bonds is 5. The number of hydrogen-bond donors (Lipinski definition) is 2. The Labute approximate surface area is 169 Å². The summed E-state index contributed by atoms with van der Waals surface area (Å²) in [5.41, 5.74) is 0.148. The Morgan fingerprint density at radius 3 is 2.59 bits per heavy atom. The lowest BCUT2D eigenvalue weighted by molar-refractivity contribution is -0.384. The molecule has 1 amide bonds. The Balaban J connectivity index is 1.86.